The van der Waals surface area contributed by atoms with Crippen molar-refractivity contribution in [3.05, 3.63) is 28.8 Å². The van der Waals surface area contributed by atoms with E-state index in [-0.39, 0.29) is 17.3 Å². The van der Waals surface area contributed by atoms with E-state index < -0.39 is 10.8 Å². The molecule has 1 amide bonds. The Hall–Kier alpha value is -1.07. The molecule has 0 unspecified atom stereocenters. The molecule has 0 aromatic heterocycles. The summed E-state index contributed by atoms with van der Waals surface area (Å²) in [7, 11) is -0.974. The molecule has 0 saturated heterocycles. The maximum Gasteiger partial charge on any atom is 0.255 e. The van der Waals surface area contributed by atoms with Gasteiger partial charge in [0.2, 0.25) is 0 Å². The fourth-order valence-electron chi connectivity index (χ4n) is 1.49. The second-order valence-electron chi connectivity index (χ2n) is 4.83. The zero-order valence-corrected chi connectivity index (χ0v) is 13.7. The van der Waals surface area contributed by atoms with Gasteiger partial charge in [0, 0.05) is 33.9 Å². The summed E-state index contributed by atoms with van der Waals surface area (Å²) in [5.74, 6) is 0.215. The van der Waals surface area contributed by atoms with Crippen LogP contribution in [-0.2, 0) is 10.8 Å². The third-order valence-electron chi connectivity index (χ3n) is 2.67. The lowest BCUT2D eigenvalue weighted by Gasteiger charge is -2.15. The minimum atomic E-state index is -0.974. The van der Waals surface area contributed by atoms with Crippen molar-refractivity contribution >= 4 is 28.3 Å². The van der Waals surface area contributed by atoms with Gasteiger partial charge in [-0.3, -0.25) is 9.00 Å². The molecular formula is C14H20ClNO3S. The maximum absolute atomic E-state index is 12.2. The first-order chi connectivity index (χ1) is 9.31. The van der Waals surface area contributed by atoms with Crippen molar-refractivity contribution in [1.29, 1.82) is 0 Å². The zero-order valence-electron chi connectivity index (χ0n) is 12.1. The van der Waals surface area contributed by atoms with E-state index in [2.05, 4.69) is 5.32 Å². The molecule has 112 valence electrons. The highest BCUT2D eigenvalue weighted by Crippen LogP contribution is 2.23. The highest BCUT2D eigenvalue weighted by atomic mass is 35.5. The Bertz CT molecular complexity index is 505. The molecule has 0 spiro atoms. The number of ether oxygens (including phenoxy) is 1. The van der Waals surface area contributed by atoms with Gasteiger partial charge in [-0.2, -0.15) is 0 Å². The highest BCUT2D eigenvalue weighted by Gasteiger charge is 2.16. The van der Waals surface area contributed by atoms with E-state index in [0.717, 1.165) is 0 Å². The first kappa shape index (κ1) is 17.0. The van der Waals surface area contributed by atoms with Crippen molar-refractivity contribution < 1.29 is 13.7 Å². The topological polar surface area (TPSA) is 55.4 Å². The molecule has 0 bridgehead atoms. The fraction of sp³-hybridized carbons (Fsp3) is 0.500. The van der Waals surface area contributed by atoms with E-state index in [9.17, 15) is 9.00 Å². The summed E-state index contributed by atoms with van der Waals surface area (Å²) in [4.78, 5) is 12.2. The van der Waals surface area contributed by atoms with Crippen molar-refractivity contribution in [3.8, 4) is 5.75 Å². The van der Waals surface area contributed by atoms with Gasteiger partial charge in [-0.05, 0) is 39.0 Å². The second-order valence-corrected chi connectivity index (χ2v) is 7.06. The number of carbonyl (C=O) groups excluding carboxylic acids is 1. The van der Waals surface area contributed by atoms with Gasteiger partial charge in [0.1, 0.15) is 5.75 Å². The molecule has 1 aromatic rings. The summed E-state index contributed by atoms with van der Waals surface area (Å²) in [6, 6.07) is 4.93. The Balaban J connectivity index is 2.85. The Morgan fingerprint density at radius 2 is 2.05 bits per heavy atom. The summed E-state index contributed by atoms with van der Waals surface area (Å²) in [5.41, 5.74) is 0.389. The SMILES string of the molecule is CC(C)Oc1ccc(Cl)cc1C(=O)NC[C@@H](C)[S@@](C)=O. The van der Waals surface area contributed by atoms with Crippen molar-refractivity contribution in [1.82, 2.24) is 5.32 Å². The van der Waals surface area contributed by atoms with Crippen molar-refractivity contribution in [2.45, 2.75) is 32.1 Å². The Labute approximate surface area is 127 Å². The summed E-state index contributed by atoms with van der Waals surface area (Å²) in [5, 5.41) is 3.12. The van der Waals surface area contributed by atoms with Gasteiger partial charge in [-0.1, -0.05) is 11.6 Å². The quantitative estimate of drug-likeness (QED) is 0.877. The summed E-state index contributed by atoms with van der Waals surface area (Å²) < 4.78 is 16.9. The van der Waals surface area contributed by atoms with Crippen LogP contribution in [0.3, 0.4) is 0 Å². The first-order valence-electron chi connectivity index (χ1n) is 6.38. The van der Waals surface area contributed by atoms with Crippen LogP contribution in [-0.4, -0.2) is 34.3 Å². The molecule has 0 aliphatic carbocycles. The predicted molar refractivity (Wildman–Crippen MR) is 83.1 cm³/mol. The van der Waals surface area contributed by atoms with E-state index in [4.69, 9.17) is 16.3 Å². The molecule has 20 heavy (non-hydrogen) atoms. The Morgan fingerprint density at radius 1 is 1.40 bits per heavy atom. The fourth-order valence-corrected chi connectivity index (χ4v) is 1.98. The molecule has 0 fully saturated rings. The van der Waals surface area contributed by atoms with Crippen LogP contribution in [0.15, 0.2) is 18.2 Å². The number of hydrogen-bond acceptors (Lipinski definition) is 3. The van der Waals surface area contributed by atoms with Gasteiger partial charge < -0.3 is 10.1 Å². The van der Waals surface area contributed by atoms with Crippen molar-refractivity contribution in [2.24, 2.45) is 0 Å². The number of benzene rings is 1. The molecule has 0 saturated carbocycles. The smallest absolute Gasteiger partial charge is 0.255 e. The largest absolute Gasteiger partial charge is 0.490 e. The Kier molecular flexibility index (Phi) is 6.49. The molecular weight excluding hydrogens is 298 g/mol. The van der Waals surface area contributed by atoms with Crippen molar-refractivity contribution in [2.75, 3.05) is 12.8 Å². The van der Waals surface area contributed by atoms with Crippen LogP contribution in [0.2, 0.25) is 5.02 Å². The second kappa shape index (κ2) is 7.64. The third kappa shape index (κ3) is 5.13. The molecule has 2 atom stereocenters. The van der Waals surface area contributed by atoms with E-state index in [1.165, 1.54) is 0 Å². The molecule has 0 radical (unpaired) electrons. The molecule has 4 nitrogen and oxygen atoms in total. The molecule has 1 N–H and O–H groups in total. The van der Waals surface area contributed by atoms with Gasteiger partial charge in [0.25, 0.3) is 5.91 Å². The van der Waals surface area contributed by atoms with Crippen LogP contribution in [0, 0.1) is 0 Å². The van der Waals surface area contributed by atoms with Gasteiger partial charge in [0.05, 0.1) is 11.7 Å². The normalized spacial score (nSPS) is 13.9. The minimum Gasteiger partial charge on any atom is -0.490 e. The van der Waals surface area contributed by atoms with E-state index >= 15 is 0 Å². The standard InChI is InChI=1S/C14H20ClNO3S/c1-9(2)19-13-6-5-11(15)7-12(13)14(17)16-8-10(3)20(4)18/h5-7,9-10H,8H2,1-4H3,(H,16,17)/t10-,20-/m1/s1. The number of carbonyl (C=O) groups is 1. The molecule has 6 heteroatoms. The van der Waals surface area contributed by atoms with E-state index in [0.29, 0.717) is 22.9 Å². The van der Waals surface area contributed by atoms with E-state index in [1.54, 1.807) is 24.5 Å². The molecule has 0 aliphatic rings. The Morgan fingerprint density at radius 3 is 2.60 bits per heavy atom. The van der Waals surface area contributed by atoms with Gasteiger partial charge in [-0.15, -0.1) is 0 Å². The van der Waals surface area contributed by atoms with Gasteiger partial charge >= 0.3 is 0 Å². The minimum absolute atomic E-state index is 0.0372. The maximum atomic E-state index is 12.2. The third-order valence-corrected chi connectivity index (χ3v) is 4.20. The van der Waals surface area contributed by atoms with Crippen LogP contribution < -0.4 is 10.1 Å². The van der Waals surface area contributed by atoms with Crippen LogP contribution in [0.25, 0.3) is 0 Å². The van der Waals surface area contributed by atoms with Gasteiger partial charge in [-0.25, -0.2) is 0 Å². The average molecular weight is 318 g/mol. The molecule has 0 aliphatic heterocycles. The van der Waals surface area contributed by atoms with Crippen LogP contribution in [0.1, 0.15) is 31.1 Å². The summed E-state index contributed by atoms with van der Waals surface area (Å²) in [6.07, 6.45) is 1.58. The molecule has 1 rings (SSSR count). The lowest BCUT2D eigenvalue weighted by molar-refractivity contribution is 0.0948. The summed E-state index contributed by atoms with van der Waals surface area (Å²) in [6.45, 7) is 5.94. The predicted octanol–water partition coefficient (Wildman–Crippen LogP) is 2.62. The number of rotatable bonds is 6. The average Bonchev–Trinajstić information content (AvgIpc) is 2.36. The molecule has 1 aromatic carbocycles. The summed E-state index contributed by atoms with van der Waals surface area (Å²) >= 11 is 5.93. The molecule has 0 heterocycles. The van der Waals surface area contributed by atoms with Crippen LogP contribution in [0.4, 0.5) is 0 Å². The number of halogens is 1. The first-order valence-corrected chi connectivity index (χ1v) is 8.37. The highest BCUT2D eigenvalue weighted by molar-refractivity contribution is 7.84. The lowest BCUT2D eigenvalue weighted by Crippen LogP contribution is -2.33. The van der Waals surface area contributed by atoms with E-state index in [1.807, 2.05) is 20.8 Å². The number of nitrogens with one attached hydrogen (secondary N) is 1. The van der Waals surface area contributed by atoms with Gasteiger partial charge in [0.15, 0.2) is 0 Å². The lowest BCUT2D eigenvalue weighted by atomic mass is 10.2. The zero-order chi connectivity index (χ0) is 15.3. The number of amides is 1. The van der Waals surface area contributed by atoms with Crippen LogP contribution in [0.5, 0.6) is 5.75 Å². The van der Waals surface area contributed by atoms with Crippen LogP contribution >= 0.6 is 11.6 Å². The van der Waals surface area contributed by atoms with Crippen molar-refractivity contribution in [3.63, 3.8) is 0 Å². The number of hydrogen-bond donors (Lipinski definition) is 1. The monoisotopic (exact) mass is 317 g/mol.